The van der Waals surface area contributed by atoms with Gasteiger partial charge < -0.3 is 4.90 Å². The number of carbonyl (C=O) groups excluding carboxylic acids is 2. The molecule has 1 fully saturated rings. The molecule has 84 valence electrons. The Balaban J connectivity index is 2.56. The van der Waals surface area contributed by atoms with Crippen LogP contribution in [0.2, 0.25) is 0 Å². The lowest BCUT2D eigenvalue weighted by Crippen LogP contribution is -2.41. The second kappa shape index (κ2) is 5.66. The molecule has 15 heavy (non-hydrogen) atoms. The van der Waals surface area contributed by atoms with E-state index in [1.54, 1.807) is 6.08 Å². The normalized spacial score (nSPS) is 18.9. The summed E-state index contributed by atoms with van der Waals surface area (Å²) in [7, 11) is 0. The Hall–Kier alpha value is -1.15. The van der Waals surface area contributed by atoms with Crippen molar-refractivity contribution in [3.05, 3.63) is 0 Å². The van der Waals surface area contributed by atoms with Crippen LogP contribution in [0, 0.1) is 5.92 Å². The number of amides is 1. The number of isocyanates is 1. The number of rotatable bonds is 4. The molecule has 1 saturated heterocycles. The van der Waals surface area contributed by atoms with Crippen molar-refractivity contribution in [1.29, 1.82) is 0 Å². The summed E-state index contributed by atoms with van der Waals surface area (Å²) in [6.07, 6.45) is 4.27. The maximum atomic E-state index is 11.5. The molecule has 0 unspecified atom stereocenters. The van der Waals surface area contributed by atoms with Crippen molar-refractivity contribution in [2.75, 3.05) is 13.1 Å². The molecule has 0 aliphatic carbocycles. The maximum absolute atomic E-state index is 11.5. The van der Waals surface area contributed by atoms with Gasteiger partial charge in [-0.1, -0.05) is 13.8 Å². The van der Waals surface area contributed by atoms with Gasteiger partial charge in [0, 0.05) is 19.5 Å². The van der Waals surface area contributed by atoms with E-state index in [4.69, 9.17) is 0 Å². The molecule has 0 aromatic rings. The highest BCUT2D eigenvalue weighted by molar-refractivity contribution is 5.76. The minimum Gasteiger partial charge on any atom is -0.341 e. The van der Waals surface area contributed by atoms with Gasteiger partial charge in [-0.2, -0.15) is 0 Å². The van der Waals surface area contributed by atoms with Crippen molar-refractivity contribution in [1.82, 2.24) is 4.90 Å². The molecule has 0 radical (unpaired) electrons. The van der Waals surface area contributed by atoms with E-state index in [0.717, 1.165) is 19.4 Å². The fourth-order valence-corrected chi connectivity index (χ4v) is 1.75. The van der Waals surface area contributed by atoms with Crippen LogP contribution >= 0.6 is 0 Å². The van der Waals surface area contributed by atoms with E-state index in [2.05, 4.69) is 4.99 Å². The van der Waals surface area contributed by atoms with Gasteiger partial charge in [0.15, 0.2) is 0 Å². The highest BCUT2D eigenvalue weighted by atomic mass is 16.2. The van der Waals surface area contributed by atoms with Gasteiger partial charge in [-0.3, -0.25) is 4.79 Å². The third kappa shape index (κ3) is 3.48. The van der Waals surface area contributed by atoms with Gasteiger partial charge in [0.05, 0.1) is 6.04 Å². The lowest BCUT2D eigenvalue weighted by Gasteiger charge is -2.29. The second-order valence-corrected chi connectivity index (χ2v) is 4.33. The van der Waals surface area contributed by atoms with Crippen LogP contribution in [0.5, 0.6) is 0 Å². The van der Waals surface area contributed by atoms with E-state index in [-0.39, 0.29) is 17.9 Å². The number of piperidine rings is 1. The highest BCUT2D eigenvalue weighted by Crippen LogP contribution is 2.14. The topological polar surface area (TPSA) is 49.7 Å². The maximum Gasteiger partial charge on any atom is 0.235 e. The summed E-state index contributed by atoms with van der Waals surface area (Å²) in [6, 6.07) is -0.107. The van der Waals surface area contributed by atoms with Gasteiger partial charge >= 0.3 is 0 Å². The Labute approximate surface area is 90.4 Å². The standard InChI is InChI=1S/C11H18N2O2/c1-9(2)10(12-8-14)7-13-6-4-3-5-11(13)15/h9-10H,3-7H2,1-2H3/t10-/m1/s1. The molecule has 1 aliphatic heterocycles. The van der Waals surface area contributed by atoms with Gasteiger partial charge in [0.1, 0.15) is 0 Å². The fraction of sp³-hybridized carbons (Fsp3) is 0.818. The average molecular weight is 210 g/mol. The number of hydrogen-bond donors (Lipinski definition) is 0. The molecule has 0 bridgehead atoms. The molecule has 4 nitrogen and oxygen atoms in total. The zero-order valence-electron chi connectivity index (χ0n) is 9.40. The van der Waals surface area contributed by atoms with Gasteiger partial charge in [-0.25, -0.2) is 9.79 Å². The van der Waals surface area contributed by atoms with E-state index >= 15 is 0 Å². The summed E-state index contributed by atoms with van der Waals surface area (Å²) in [5.41, 5.74) is 0. The Morgan fingerprint density at radius 3 is 2.73 bits per heavy atom. The molecular weight excluding hydrogens is 192 g/mol. The minimum absolute atomic E-state index is 0.107. The fourth-order valence-electron chi connectivity index (χ4n) is 1.75. The zero-order chi connectivity index (χ0) is 11.3. The number of carbonyl (C=O) groups is 1. The summed E-state index contributed by atoms with van der Waals surface area (Å²) in [4.78, 5) is 27.4. The number of hydrogen-bond acceptors (Lipinski definition) is 3. The van der Waals surface area contributed by atoms with Crippen molar-refractivity contribution >= 4 is 12.0 Å². The van der Waals surface area contributed by atoms with Gasteiger partial charge in [-0.05, 0) is 18.8 Å². The van der Waals surface area contributed by atoms with Crippen molar-refractivity contribution in [3.8, 4) is 0 Å². The molecule has 1 rings (SSSR count). The van der Waals surface area contributed by atoms with Crippen LogP contribution in [-0.4, -0.2) is 36.0 Å². The van der Waals surface area contributed by atoms with Crippen molar-refractivity contribution < 1.29 is 9.59 Å². The first-order valence-corrected chi connectivity index (χ1v) is 5.50. The first-order chi connectivity index (χ1) is 7.15. The Morgan fingerprint density at radius 2 is 2.20 bits per heavy atom. The molecule has 0 spiro atoms. The molecular formula is C11H18N2O2. The van der Waals surface area contributed by atoms with Crippen molar-refractivity contribution in [2.24, 2.45) is 10.9 Å². The van der Waals surface area contributed by atoms with E-state index in [9.17, 15) is 9.59 Å². The van der Waals surface area contributed by atoms with Gasteiger partial charge in [0.2, 0.25) is 12.0 Å². The summed E-state index contributed by atoms with van der Waals surface area (Å²) in [5, 5.41) is 0. The second-order valence-electron chi connectivity index (χ2n) is 4.33. The van der Waals surface area contributed by atoms with Gasteiger partial charge in [-0.15, -0.1) is 0 Å². The largest absolute Gasteiger partial charge is 0.341 e. The van der Waals surface area contributed by atoms with Gasteiger partial charge in [0.25, 0.3) is 0 Å². The Morgan fingerprint density at radius 1 is 1.47 bits per heavy atom. The van der Waals surface area contributed by atoms with Crippen molar-refractivity contribution in [2.45, 2.75) is 39.2 Å². The summed E-state index contributed by atoms with van der Waals surface area (Å²) < 4.78 is 0. The van der Waals surface area contributed by atoms with E-state index < -0.39 is 0 Å². The Bertz CT molecular complexity index is 270. The summed E-state index contributed by atoms with van der Waals surface area (Å²) in [5.74, 6) is 0.453. The quantitative estimate of drug-likeness (QED) is 0.519. The predicted molar refractivity (Wildman–Crippen MR) is 57.2 cm³/mol. The van der Waals surface area contributed by atoms with Crippen LogP contribution in [0.25, 0.3) is 0 Å². The molecule has 0 saturated carbocycles. The van der Waals surface area contributed by atoms with E-state index in [1.165, 1.54) is 0 Å². The SMILES string of the molecule is CC(C)[C@@H](CN1CCCCC1=O)N=C=O. The molecule has 4 heteroatoms. The van der Waals surface area contributed by atoms with Crippen LogP contribution in [-0.2, 0) is 9.59 Å². The average Bonchev–Trinajstić information content (AvgIpc) is 2.20. The molecule has 1 aliphatic rings. The lowest BCUT2D eigenvalue weighted by molar-refractivity contribution is -0.133. The molecule has 1 amide bonds. The first kappa shape index (κ1) is 11.9. The van der Waals surface area contributed by atoms with E-state index in [0.29, 0.717) is 13.0 Å². The third-order valence-corrected chi connectivity index (χ3v) is 2.82. The van der Waals surface area contributed by atoms with Crippen LogP contribution in [0.15, 0.2) is 4.99 Å². The number of nitrogens with zero attached hydrogens (tertiary/aromatic N) is 2. The zero-order valence-corrected chi connectivity index (χ0v) is 9.40. The van der Waals surface area contributed by atoms with E-state index in [1.807, 2.05) is 18.7 Å². The van der Waals surface area contributed by atoms with Crippen LogP contribution < -0.4 is 0 Å². The smallest absolute Gasteiger partial charge is 0.235 e. The number of likely N-dealkylation sites (tertiary alicyclic amines) is 1. The predicted octanol–water partition coefficient (Wildman–Crippen LogP) is 1.36. The minimum atomic E-state index is -0.107. The molecule has 1 atom stereocenters. The lowest BCUT2D eigenvalue weighted by atomic mass is 10.0. The van der Waals surface area contributed by atoms with Crippen molar-refractivity contribution in [3.63, 3.8) is 0 Å². The molecule has 1 heterocycles. The van der Waals surface area contributed by atoms with Crippen LogP contribution in [0.4, 0.5) is 0 Å². The van der Waals surface area contributed by atoms with Crippen LogP contribution in [0.1, 0.15) is 33.1 Å². The Kier molecular flexibility index (Phi) is 4.50. The number of aliphatic imine (C=N–C) groups is 1. The molecule has 0 aromatic heterocycles. The van der Waals surface area contributed by atoms with Crippen LogP contribution in [0.3, 0.4) is 0 Å². The molecule has 0 N–H and O–H groups in total. The molecule has 0 aromatic carbocycles. The first-order valence-electron chi connectivity index (χ1n) is 5.50. The third-order valence-electron chi connectivity index (χ3n) is 2.82. The summed E-state index contributed by atoms with van der Waals surface area (Å²) in [6.45, 7) is 5.36. The summed E-state index contributed by atoms with van der Waals surface area (Å²) >= 11 is 0. The monoisotopic (exact) mass is 210 g/mol. The highest BCUT2D eigenvalue weighted by Gasteiger charge is 2.22.